The summed E-state index contributed by atoms with van der Waals surface area (Å²) >= 11 is 0.581. The van der Waals surface area contributed by atoms with Crippen molar-refractivity contribution >= 4 is 27.2 Å². The van der Waals surface area contributed by atoms with Crippen LogP contribution in [0.3, 0.4) is 0 Å². The summed E-state index contributed by atoms with van der Waals surface area (Å²) < 4.78 is 16.7. The van der Waals surface area contributed by atoms with Gasteiger partial charge in [-0.2, -0.15) is 0 Å². The smallest absolute Gasteiger partial charge is 0.121 e. The monoisotopic (exact) mass is 339 g/mol. The van der Waals surface area contributed by atoms with Gasteiger partial charge in [0.1, 0.15) is 11.6 Å². The van der Waals surface area contributed by atoms with Gasteiger partial charge in [-0.1, -0.05) is 6.07 Å². The van der Waals surface area contributed by atoms with E-state index < -0.39 is 0 Å². The number of nitrogens with zero attached hydrogens (tertiary/aromatic N) is 2. The van der Waals surface area contributed by atoms with Gasteiger partial charge in [-0.3, -0.25) is 4.98 Å². The van der Waals surface area contributed by atoms with Gasteiger partial charge < -0.3 is 9.72 Å². The lowest BCUT2D eigenvalue weighted by molar-refractivity contribution is 0.415. The Morgan fingerprint density at radius 1 is 1.25 bits per heavy atom. The number of aryl methyl sites for hydroxylation is 1. The molecule has 0 amide bonds. The van der Waals surface area contributed by atoms with Crippen LogP contribution in [0, 0.1) is 6.92 Å². The molecule has 0 bridgehead atoms. The van der Waals surface area contributed by atoms with E-state index in [1.165, 1.54) is 0 Å². The number of H-pyrrole nitrogens is 1. The van der Waals surface area contributed by atoms with E-state index in [9.17, 15) is 4.21 Å². The van der Waals surface area contributed by atoms with E-state index >= 15 is 0 Å². The normalized spacial score (nSPS) is 16.9. The average Bonchev–Trinajstić information content (AvgIpc) is 3.03. The Bertz CT molecular complexity index is 989. The zero-order valence-corrected chi connectivity index (χ0v) is 14.3. The van der Waals surface area contributed by atoms with Crippen LogP contribution in [-0.4, -0.2) is 31.1 Å². The van der Waals surface area contributed by atoms with Crippen LogP contribution in [-0.2, 0) is 11.3 Å². The first-order valence-electron chi connectivity index (χ1n) is 7.87. The second-order valence-electron chi connectivity index (χ2n) is 5.99. The van der Waals surface area contributed by atoms with E-state index in [4.69, 9.17) is 14.7 Å². The number of aromatic amines is 1. The lowest BCUT2D eigenvalue weighted by atomic mass is 9.85. The predicted molar refractivity (Wildman–Crippen MR) is 94.9 cm³/mol. The first-order valence-corrected chi connectivity index (χ1v) is 8.61. The number of rotatable bonds is 2. The van der Waals surface area contributed by atoms with Crippen molar-refractivity contribution in [2.24, 2.45) is 0 Å². The minimum absolute atomic E-state index is 0.0780. The van der Waals surface area contributed by atoms with Crippen molar-refractivity contribution in [3.05, 3.63) is 53.1 Å². The third kappa shape index (κ3) is 2.43. The fourth-order valence-corrected chi connectivity index (χ4v) is 3.74. The standard InChI is InChI=1S/C18H17N3O2S/c1-10-3-5-12-16(24-22)8-6-13(17(12)19-10)18-20-14-7-4-11(23-2)9-15(14)21-18/h3-5,7,9,13H,6,8H2,1-2H3,(H,20,21). The highest BCUT2D eigenvalue weighted by Crippen LogP contribution is 2.35. The topological polar surface area (TPSA) is 67.9 Å². The first kappa shape index (κ1) is 15.1. The molecule has 0 saturated heterocycles. The van der Waals surface area contributed by atoms with Crippen molar-refractivity contribution in [2.75, 3.05) is 7.11 Å². The molecule has 5 nitrogen and oxygen atoms in total. The Morgan fingerprint density at radius 3 is 2.92 bits per heavy atom. The van der Waals surface area contributed by atoms with E-state index in [0.717, 1.165) is 57.3 Å². The van der Waals surface area contributed by atoms with Crippen molar-refractivity contribution in [2.45, 2.75) is 25.7 Å². The van der Waals surface area contributed by atoms with Crippen LogP contribution in [0.1, 0.15) is 41.5 Å². The van der Waals surface area contributed by atoms with Crippen molar-refractivity contribution < 1.29 is 8.95 Å². The molecule has 1 aliphatic carbocycles. The minimum atomic E-state index is 0.0780. The molecule has 1 unspecified atom stereocenters. The second kappa shape index (κ2) is 5.87. The predicted octanol–water partition coefficient (Wildman–Crippen LogP) is 2.93. The summed E-state index contributed by atoms with van der Waals surface area (Å²) in [6.07, 6.45) is 1.60. The summed E-state index contributed by atoms with van der Waals surface area (Å²) in [7, 11) is 1.65. The molecule has 6 heteroatoms. The van der Waals surface area contributed by atoms with Crippen molar-refractivity contribution in [1.82, 2.24) is 15.0 Å². The van der Waals surface area contributed by atoms with Crippen LogP contribution in [0.2, 0.25) is 0 Å². The molecular formula is C18H17N3O2S. The highest BCUT2D eigenvalue weighted by Gasteiger charge is 2.29. The third-order valence-electron chi connectivity index (χ3n) is 4.49. The van der Waals surface area contributed by atoms with Crippen LogP contribution < -0.4 is 4.74 Å². The molecule has 0 radical (unpaired) electrons. The van der Waals surface area contributed by atoms with Gasteiger partial charge in [0.15, 0.2) is 0 Å². The molecule has 0 fully saturated rings. The lowest BCUT2D eigenvalue weighted by Crippen LogP contribution is -2.20. The maximum absolute atomic E-state index is 11.4. The summed E-state index contributed by atoms with van der Waals surface area (Å²) in [6, 6.07) is 9.78. The van der Waals surface area contributed by atoms with Crippen LogP contribution in [0.4, 0.5) is 0 Å². The van der Waals surface area contributed by atoms with Crippen molar-refractivity contribution in [3.63, 3.8) is 0 Å². The van der Waals surface area contributed by atoms with Gasteiger partial charge in [0.2, 0.25) is 0 Å². The number of ether oxygens (including phenoxy) is 1. The number of benzene rings is 1. The number of hydrogen-bond acceptors (Lipinski definition) is 4. The van der Waals surface area contributed by atoms with E-state index in [0.29, 0.717) is 11.3 Å². The summed E-state index contributed by atoms with van der Waals surface area (Å²) in [4.78, 5) is 13.7. The molecule has 3 aromatic rings. The number of hydrogen-bond donors (Lipinski definition) is 1. The number of fused-ring (bicyclic) bond motifs is 2. The van der Waals surface area contributed by atoms with Gasteiger partial charge in [-0.05, 0) is 38.0 Å². The summed E-state index contributed by atoms with van der Waals surface area (Å²) in [5.74, 6) is 1.77. The minimum Gasteiger partial charge on any atom is -0.497 e. The Hall–Kier alpha value is -2.47. The van der Waals surface area contributed by atoms with Gasteiger partial charge in [0, 0.05) is 17.3 Å². The third-order valence-corrected chi connectivity index (χ3v) is 5.12. The van der Waals surface area contributed by atoms with E-state index in [-0.39, 0.29) is 5.92 Å². The molecular weight excluding hydrogens is 322 g/mol. The second-order valence-corrected chi connectivity index (χ2v) is 6.65. The van der Waals surface area contributed by atoms with Gasteiger partial charge in [0.05, 0.1) is 45.9 Å². The van der Waals surface area contributed by atoms with E-state index in [1.54, 1.807) is 7.11 Å². The van der Waals surface area contributed by atoms with Crippen molar-refractivity contribution in [1.29, 1.82) is 0 Å². The van der Waals surface area contributed by atoms with Gasteiger partial charge >= 0.3 is 0 Å². The number of pyridine rings is 1. The Morgan fingerprint density at radius 2 is 2.12 bits per heavy atom. The number of imidazole rings is 1. The highest BCUT2D eigenvalue weighted by molar-refractivity contribution is 7.67. The molecule has 1 aliphatic rings. The molecule has 2 aromatic heterocycles. The molecule has 1 N–H and O–H groups in total. The van der Waals surface area contributed by atoms with Crippen LogP contribution in [0.25, 0.3) is 11.0 Å². The average molecular weight is 339 g/mol. The summed E-state index contributed by atoms with van der Waals surface area (Å²) in [5.41, 5.74) is 4.73. The zero-order valence-electron chi connectivity index (χ0n) is 13.5. The Kier molecular flexibility index (Phi) is 3.69. The fourth-order valence-electron chi connectivity index (χ4n) is 3.28. The van der Waals surface area contributed by atoms with Crippen molar-refractivity contribution in [3.8, 4) is 5.75 Å². The molecule has 0 spiro atoms. The maximum atomic E-state index is 11.4. The summed E-state index contributed by atoms with van der Waals surface area (Å²) in [6.45, 7) is 1.97. The Labute approximate surface area is 143 Å². The molecule has 122 valence electrons. The number of methoxy groups -OCH3 is 1. The van der Waals surface area contributed by atoms with Crippen LogP contribution in [0.15, 0.2) is 30.3 Å². The van der Waals surface area contributed by atoms with Gasteiger partial charge in [0.25, 0.3) is 0 Å². The molecule has 2 heterocycles. The van der Waals surface area contributed by atoms with Crippen LogP contribution in [0.5, 0.6) is 5.75 Å². The first-order chi connectivity index (χ1) is 11.7. The molecule has 0 saturated carbocycles. The Balaban J connectivity index is 1.85. The largest absolute Gasteiger partial charge is 0.497 e. The fraction of sp³-hybridized carbons (Fsp3) is 0.278. The summed E-state index contributed by atoms with van der Waals surface area (Å²) in [5, 5.41) is 0. The zero-order chi connectivity index (χ0) is 16.7. The lowest BCUT2D eigenvalue weighted by Gasteiger charge is -2.23. The molecule has 0 aliphatic heterocycles. The van der Waals surface area contributed by atoms with E-state index in [1.807, 2.05) is 37.3 Å². The highest BCUT2D eigenvalue weighted by atomic mass is 32.1. The molecule has 4 rings (SSSR count). The SMILES string of the molecule is COc1ccc2nc(C3CCC(=S=O)c4ccc(C)nc43)[nH]c2c1. The molecule has 1 atom stereocenters. The van der Waals surface area contributed by atoms with Gasteiger partial charge in [-0.15, -0.1) is 0 Å². The van der Waals surface area contributed by atoms with Gasteiger partial charge in [-0.25, -0.2) is 9.19 Å². The van der Waals surface area contributed by atoms with Crippen LogP contribution >= 0.6 is 0 Å². The quantitative estimate of drug-likeness (QED) is 0.729. The van der Waals surface area contributed by atoms with E-state index in [2.05, 4.69) is 4.98 Å². The maximum Gasteiger partial charge on any atom is 0.121 e. The molecule has 1 aromatic carbocycles. The molecule has 24 heavy (non-hydrogen) atoms. The number of aromatic nitrogens is 3. The number of nitrogens with one attached hydrogen (secondary N) is 1.